The van der Waals surface area contributed by atoms with Crippen molar-refractivity contribution < 1.29 is 13.6 Å². The van der Waals surface area contributed by atoms with E-state index in [1.54, 1.807) is 35.1 Å². The summed E-state index contributed by atoms with van der Waals surface area (Å²) in [7, 11) is 0. The minimum absolute atomic E-state index is 0.147. The van der Waals surface area contributed by atoms with Crippen LogP contribution in [0.2, 0.25) is 0 Å². The quantitative estimate of drug-likeness (QED) is 0.694. The summed E-state index contributed by atoms with van der Waals surface area (Å²) in [5.41, 5.74) is 2.69. The van der Waals surface area contributed by atoms with Crippen molar-refractivity contribution >= 4 is 5.91 Å². The van der Waals surface area contributed by atoms with E-state index in [9.17, 15) is 13.6 Å². The van der Waals surface area contributed by atoms with E-state index in [4.69, 9.17) is 0 Å². The molecule has 1 aromatic heterocycles. The average molecular weight is 396 g/mol. The number of aromatic nitrogens is 2. The lowest BCUT2D eigenvalue weighted by molar-refractivity contribution is 0.0949. The number of carbonyl (C=O) groups is 1. The lowest BCUT2D eigenvalue weighted by Crippen LogP contribution is -2.30. The number of halogens is 2. The van der Waals surface area contributed by atoms with Crippen LogP contribution >= 0.6 is 0 Å². The summed E-state index contributed by atoms with van der Waals surface area (Å²) in [6.07, 6.45) is 3.29. The summed E-state index contributed by atoms with van der Waals surface area (Å²) in [5, 5.41) is 10.6. The number of hydrogen-bond donors (Lipinski definition) is 2. The molecule has 5 nitrogen and oxygen atoms in total. The zero-order chi connectivity index (χ0) is 20.2. The third kappa shape index (κ3) is 4.35. The lowest BCUT2D eigenvalue weighted by Gasteiger charge is -2.24. The number of benzene rings is 2. The number of hydrogen-bond acceptors (Lipinski definition) is 3. The van der Waals surface area contributed by atoms with Gasteiger partial charge in [-0.05, 0) is 61.8 Å². The van der Waals surface area contributed by atoms with E-state index in [1.807, 2.05) is 0 Å². The molecule has 2 aromatic carbocycles. The van der Waals surface area contributed by atoms with E-state index in [1.165, 1.54) is 24.3 Å². The fraction of sp³-hybridized carbons (Fsp3) is 0.273. The topological polar surface area (TPSA) is 59.0 Å². The molecule has 4 rings (SSSR count). The molecule has 0 unspecified atom stereocenters. The summed E-state index contributed by atoms with van der Waals surface area (Å²) < 4.78 is 28.5. The third-order valence-corrected chi connectivity index (χ3v) is 5.20. The number of piperidine rings is 1. The van der Waals surface area contributed by atoms with Crippen LogP contribution in [0.3, 0.4) is 0 Å². The van der Waals surface area contributed by atoms with Crippen molar-refractivity contribution in [3.8, 4) is 5.69 Å². The maximum atomic E-state index is 13.8. The second-order valence-electron chi connectivity index (χ2n) is 7.17. The van der Waals surface area contributed by atoms with Crippen LogP contribution < -0.4 is 10.6 Å². The van der Waals surface area contributed by atoms with E-state index in [2.05, 4.69) is 15.7 Å². The highest BCUT2D eigenvalue weighted by molar-refractivity contribution is 5.95. The van der Waals surface area contributed by atoms with E-state index < -0.39 is 0 Å². The van der Waals surface area contributed by atoms with Crippen molar-refractivity contribution in [3.63, 3.8) is 0 Å². The van der Waals surface area contributed by atoms with Crippen molar-refractivity contribution in [2.24, 2.45) is 0 Å². The summed E-state index contributed by atoms with van der Waals surface area (Å²) >= 11 is 0. The first-order valence-electron chi connectivity index (χ1n) is 9.69. The highest BCUT2D eigenvalue weighted by Crippen LogP contribution is 2.30. The number of nitrogens with one attached hydrogen (secondary N) is 2. The Morgan fingerprint density at radius 1 is 1.10 bits per heavy atom. The maximum Gasteiger partial charge on any atom is 0.255 e. The highest BCUT2D eigenvalue weighted by atomic mass is 19.1. The van der Waals surface area contributed by atoms with E-state index in [0.717, 1.165) is 37.2 Å². The van der Waals surface area contributed by atoms with Crippen LogP contribution in [-0.2, 0) is 6.54 Å². The van der Waals surface area contributed by atoms with Crippen LogP contribution in [0.4, 0.5) is 8.78 Å². The Labute approximate surface area is 167 Å². The van der Waals surface area contributed by atoms with Gasteiger partial charge in [0.25, 0.3) is 5.91 Å². The minimum Gasteiger partial charge on any atom is -0.348 e. The van der Waals surface area contributed by atoms with Crippen LogP contribution in [-0.4, -0.2) is 28.8 Å². The summed E-state index contributed by atoms with van der Waals surface area (Å²) in [6, 6.07) is 12.2. The maximum absolute atomic E-state index is 13.8. The van der Waals surface area contributed by atoms with Gasteiger partial charge < -0.3 is 10.6 Å². The molecule has 2 heterocycles. The fourth-order valence-corrected chi connectivity index (χ4v) is 3.71. The van der Waals surface area contributed by atoms with Gasteiger partial charge in [-0.2, -0.15) is 5.10 Å². The molecule has 0 aliphatic carbocycles. The average Bonchev–Trinajstić information content (AvgIpc) is 3.19. The molecule has 0 spiro atoms. The largest absolute Gasteiger partial charge is 0.348 e. The standard InChI is InChI=1S/C22H22F2N4O/c23-17-6-4-15(5-7-17)13-26-22(29)20-14-27-28(19-3-1-2-18(24)12-19)21(20)16-8-10-25-11-9-16/h1-7,12,14,16,25H,8-11,13H2,(H,26,29). The molecule has 150 valence electrons. The Morgan fingerprint density at radius 3 is 2.59 bits per heavy atom. The van der Waals surface area contributed by atoms with Gasteiger partial charge in [0.05, 0.1) is 23.1 Å². The van der Waals surface area contributed by atoms with Gasteiger partial charge in [0.15, 0.2) is 0 Å². The Kier molecular flexibility index (Phi) is 5.67. The molecule has 0 atom stereocenters. The van der Waals surface area contributed by atoms with Crippen LogP contribution in [0.5, 0.6) is 0 Å². The monoisotopic (exact) mass is 396 g/mol. The van der Waals surface area contributed by atoms with Crippen molar-refractivity contribution in [2.45, 2.75) is 25.3 Å². The molecule has 7 heteroatoms. The van der Waals surface area contributed by atoms with Crippen molar-refractivity contribution in [2.75, 3.05) is 13.1 Å². The van der Waals surface area contributed by atoms with Gasteiger partial charge in [-0.25, -0.2) is 13.5 Å². The lowest BCUT2D eigenvalue weighted by atomic mass is 9.91. The number of amides is 1. The summed E-state index contributed by atoms with van der Waals surface area (Å²) in [5.74, 6) is -0.764. The fourth-order valence-electron chi connectivity index (χ4n) is 3.71. The Balaban J connectivity index is 1.63. The SMILES string of the molecule is O=C(NCc1ccc(F)cc1)c1cnn(-c2cccc(F)c2)c1C1CCNCC1. The first-order chi connectivity index (χ1) is 14.1. The summed E-state index contributed by atoms with van der Waals surface area (Å²) in [4.78, 5) is 12.9. The van der Waals surface area contributed by atoms with Gasteiger partial charge in [-0.1, -0.05) is 18.2 Å². The number of rotatable bonds is 5. The molecule has 0 radical (unpaired) electrons. The first-order valence-corrected chi connectivity index (χ1v) is 9.69. The number of carbonyl (C=O) groups excluding carboxylic acids is 1. The second-order valence-corrected chi connectivity index (χ2v) is 7.17. The third-order valence-electron chi connectivity index (χ3n) is 5.20. The predicted molar refractivity (Wildman–Crippen MR) is 106 cm³/mol. The zero-order valence-corrected chi connectivity index (χ0v) is 15.9. The highest BCUT2D eigenvalue weighted by Gasteiger charge is 2.27. The molecule has 2 N–H and O–H groups in total. The van der Waals surface area contributed by atoms with E-state index in [-0.39, 0.29) is 30.0 Å². The van der Waals surface area contributed by atoms with Crippen molar-refractivity contribution in [3.05, 3.63) is 83.2 Å². The Bertz CT molecular complexity index is 994. The molecule has 1 fully saturated rings. The molecule has 0 saturated carbocycles. The van der Waals surface area contributed by atoms with Crippen molar-refractivity contribution in [1.82, 2.24) is 20.4 Å². The van der Waals surface area contributed by atoms with Crippen LogP contribution in [0.25, 0.3) is 5.69 Å². The molecular formula is C22H22F2N4O. The molecule has 1 aliphatic heterocycles. The molecule has 3 aromatic rings. The van der Waals surface area contributed by atoms with Gasteiger partial charge in [-0.3, -0.25) is 4.79 Å². The Morgan fingerprint density at radius 2 is 1.86 bits per heavy atom. The molecule has 1 amide bonds. The van der Waals surface area contributed by atoms with Crippen LogP contribution in [0.15, 0.2) is 54.7 Å². The number of nitrogens with zero attached hydrogens (tertiary/aromatic N) is 2. The molecule has 1 saturated heterocycles. The Hall–Kier alpha value is -3.06. The van der Waals surface area contributed by atoms with Gasteiger partial charge in [0, 0.05) is 12.5 Å². The normalized spacial score (nSPS) is 14.7. The predicted octanol–water partition coefficient (Wildman–Crippen LogP) is 3.55. The second kappa shape index (κ2) is 8.53. The smallest absolute Gasteiger partial charge is 0.255 e. The zero-order valence-electron chi connectivity index (χ0n) is 15.9. The first kappa shape index (κ1) is 19.3. The van der Waals surface area contributed by atoms with Gasteiger partial charge in [-0.15, -0.1) is 0 Å². The van der Waals surface area contributed by atoms with E-state index in [0.29, 0.717) is 11.3 Å². The summed E-state index contributed by atoms with van der Waals surface area (Å²) in [6.45, 7) is 2.00. The van der Waals surface area contributed by atoms with Crippen molar-refractivity contribution in [1.29, 1.82) is 0 Å². The molecule has 0 bridgehead atoms. The molecule has 29 heavy (non-hydrogen) atoms. The van der Waals surface area contributed by atoms with Crippen LogP contribution in [0.1, 0.15) is 40.4 Å². The van der Waals surface area contributed by atoms with Gasteiger partial charge in [0.1, 0.15) is 11.6 Å². The van der Waals surface area contributed by atoms with Gasteiger partial charge in [0.2, 0.25) is 0 Å². The van der Waals surface area contributed by atoms with Gasteiger partial charge >= 0.3 is 0 Å². The van der Waals surface area contributed by atoms with E-state index >= 15 is 0 Å². The molecule has 1 aliphatic rings. The van der Waals surface area contributed by atoms with Crippen LogP contribution in [0, 0.1) is 11.6 Å². The molecular weight excluding hydrogens is 374 g/mol. The minimum atomic E-state index is -0.350.